The van der Waals surface area contributed by atoms with Crippen molar-refractivity contribution in [3.63, 3.8) is 0 Å². The van der Waals surface area contributed by atoms with Crippen molar-refractivity contribution in [2.45, 2.75) is 31.8 Å². The summed E-state index contributed by atoms with van der Waals surface area (Å²) >= 11 is 0. The van der Waals surface area contributed by atoms with Crippen LogP contribution in [0.25, 0.3) is 0 Å². The number of rotatable bonds is 9. The first-order valence-electron chi connectivity index (χ1n) is 11.3. The van der Waals surface area contributed by atoms with Gasteiger partial charge in [-0.2, -0.15) is 0 Å². The van der Waals surface area contributed by atoms with E-state index in [0.29, 0.717) is 42.1 Å². The molecule has 1 fully saturated rings. The lowest BCUT2D eigenvalue weighted by atomic mass is 10.1. The third-order valence-corrected chi connectivity index (χ3v) is 5.46. The summed E-state index contributed by atoms with van der Waals surface area (Å²) in [6.45, 7) is 1.32. The van der Waals surface area contributed by atoms with E-state index in [-0.39, 0.29) is 17.9 Å². The fraction of sp³-hybridized carbons (Fsp3) is 0.259. The minimum absolute atomic E-state index is 0.0686. The zero-order valence-electron chi connectivity index (χ0n) is 18.5. The number of aryl methyl sites for hydroxylation is 1. The molecular formula is C27H28N2O4. The quantitative estimate of drug-likeness (QED) is 0.483. The number of carbonyl (C=O) groups excluding carboxylic acids is 2. The van der Waals surface area contributed by atoms with E-state index in [1.54, 1.807) is 48.5 Å². The molecule has 1 heterocycles. The van der Waals surface area contributed by atoms with Crippen LogP contribution in [-0.4, -0.2) is 31.1 Å². The van der Waals surface area contributed by atoms with Crippen LogP contribution >= 0.6 is 0 Å². The summed E-state index contributed by atoms with van der Waals surface area (Å²) in [5.41, 5.74) is 2.90. The summed E-state index contributed by atoms with van der Waals surface area (Å²) in [6.07, 6.45) is 3.32. The second-order valence-corrected chi connectivity index (χ2v) is 8.04. The average molecular weight is 445 g/mol. The van der Waals surface area contributed by atoms with Gasteiger partial charge in [-0.25, -0.2) is 0 Å². The van der Waals surface area contributed by atoms with Gasteiger partial charge in [0, 0.05) is 30.0 Å². The normalized spacial score (nSPS) is 15.1. The Morgan fingerprint density at radius 1 is 0.909 bits per heavy atom. The molecule has 0 aliphatic carbocycles. The smallest absolute Gasteiger partial charge is 0.255 e. The van der Waals surface area contributed by atoms with Crippen LogP contribution in [0.2, 0.25) is 0 Å². The molecule has 0 aromatic heterocycles. The second kappa shape index (κ2) is 11.3. The van der Waals surface area contributed by atoms with Crippen LogP contribution in [-0.2, 0) is 16.0 Å². The molecule has 170 valence electrons. The molecule has 3 aromatic carbocycles. The topological polar surface area (TPSA) is 76.7 Å². The molecule has 0 saturated carbocycles. The van der Waals surface area contributed by atoms with E-state index >= 15 is 0 Å². The Kier molecular flexibility index (Phi) is 7.72. The summed E-state index contributed by atoms with van der Waals surface area (Å²) in [5.74, 6) is 0.413. The first kappa shape index (κ1) is 22.6. The van der Waals surface area contributed by atoms with Gasteiger partial charge in [0.15, 0.2) is 0 Å². The number of hydrogen-bond donors (Lipinski definition) is 2. The van der Waals surface area contributed by atoms with Crippen molar-refractivity contribution in [3.8, 4) is 5.75 Å². The molecule has 6 nitrogen and oxygen atoms in total. The lowest BCUT2D eigenvalue weighted by molar-refractivity contribution is -0.116. The zero-order chi connectivity index (χ0) is 22.9. The molecule has 2 amide bonds. The predicted octanol–water partition coefficient (Wildman–Crippen LogP) is 5.07. The standard InChI is InChI=1S/C27H28N2O4/c30-26(16-11-20-6-2-1-3-7-20)28-22-8-4-9-23(18-22)29-27(31)21-12-14-24(15-13-21)33-19-25-10-5-17-32-25/h1-4,6-9,12-15,18,25H,5,10-11,16-17,19H2,(H,28,30)(H,29,31). The Morgan fingerprint density at radius 2 is 1.67 bits per heavy atom. The highest BCUT2D eigenvalue weighted by atomic mass is 16.5. The van der Waals surface area contributed by atoms with Crippen molar-refractivity contribution >= 4 is 23.2 Å². The molecule has 1 aliphatic heterocycles. The molecule has 0 radical (unpaired) electrons. The van der Waals surface area contributed by atoms with Crippen molar-refractivity contribution in [1.29, 1.82) is 0 Å². The van der Waals surface area contributed by atoms with Crippen molar-refractivity contribution < 1.29 is 19.1 Å². The monoisotopic (exact) mass is 444 g/mol. The van der Waals surface area contributed by atoms with E-state index in [0.717, 1.165) is 25.0 Å². The fourth-order valence-corrected chi connectivity index (χ4v) is 3.67. The van der Waals surface area contributed by atoms with E-state index in [1.165, 1.54) is 0 Å². The molecule has 2 N–H and O–H groups in total. The summed E-state index contributed by atoms with van der Waals surface area (Å²) in [6, 6.07) is 24.1. The van der Waals surface area contributed by atoms with E-state index in [2.05, 4.69) is 10.6 Å². The largest absolute Gasteiger partial charge is 0.491 e. The Labute approximate surface area is 193 Å². The number of carbonyl (C=O) groups is 2. The van der Waals surface area contributed by atoms with E-state index in [9.17, 15) is 9.59 Å². The summed E-state index contributed by atoms with van der Waals surface area (Å²) < 4.78 is 11.3. The number of hydrogen-bond acceptors (Lipinski definition) is 4. The minimum Gasteiger partial charge on any atom is -0.491 e. The van der Waals surface area contributed by atoms with Gasteiger partial charge in [-0.1, -0.05) is 36.4 Å². The summed E-state index contributed by atoms with van der Waals surface area (Å²) in [7, 11) is 0. The molecule has 33 heavy (non-hydrogen) atoms. The lowest BCUT2D eigenvalue weighted by Gasteiger charge is -2.12. The molecule has 1 saturated heterocycles. The Bertz CT molecular complexity index is 1060. The van der Waals surface area contributed by atoms with Gasteiger partial charge >= 0.3 is 0 Å². The highest BCUT2D eigenvalue weighted by Crippen LogP contribution is 2.19. The molecule has 0 spiro atoms. The van der Waals surface area contributed by atoms with Crippen LogP contribution in [0.15, 0.2) is 78.9 Å². The van der Waals surface area contributed by atoms with Gasteiger partial charge < -0.3 is 20.1 Å². The van der Waals surface area contributed by atoms with Crippen molar-refractivity contribution in [3.05, 3.63) is 90.0 Å². The van der Waals surface area contributed by atoms with Gasteiger partial charge in [-0.05, 0) is 67.3 Å². The number of amides is 2. The SMILES string of the molecule is O=C(CCc1ccccc1)Nc1cccc(NC(=O)c2ccc(OCC3CCCO3)cc2)c1. The van der Waals surface area contributed by atoms with Crippen molar-refractivity contribution in [1.82, 2.24) is 0 Å². The lowest BCUT2D eigenvalue weighted by Crippen LogP contribution is -2.16. The number of nitrogens with one attached hydrogen (secondary N) is 2. The zero-order valence-corrected chi connectivity index (χ0v) is 18.5. The molecule has 3 aromatic rings. The molecule has 4 rings (SSSR count). The van der Waals surface area contributed by atoms with Crippen LogP contribution in [0.5, 0.6) is 5.75 Å². The third kappa shape index (κ3) is 6.92. The van der Waals surface area contributed by atoms with Gasteiger partial charge in [0.2, 0.25) is 5.91 Å². The molecule has 6 heteroatoms. The van der Waals surface area contributed by atoms with Crippen LogP contribution in [0.3, 0.4) is 0 Å². The Hall–Kier alpha value is -3.64. The molecule has 1 unspecified atom stereocenters. The molecular weight excluding hydrogens is 416 g/mol. The third-order valence-electron chi connectivity index (χ3n) is 5.46. The predicted molar refractivity (Wildman–Crippen MR) is 129 cm³/mol. The van der Waals surface area contributed by atoms with Gasteiger partial charge in [0.1, 0.15) is 12.4 Å². The summed E-state index contributed by atoms with van der Waals surface area (Å²) in [4.78, 5) is 24.9. The Morgan fingerprint density at radius 3 is 2.39 bits per heavy atom. The van der Waals surface area contributed by atoms with Crippen molar-refractivity contribution in [2.24, 2.45) is 0 Å². The summed E-state index contributed by atoms with van der Waals surface area (Å²) in [5, 5.41) is 5.77. The van der Waals surface area contributed by atoms with Crippen LogP contribution in [0.4, 0.5) is 11.4 Å². The number of anilines is 2. The van der Waals surface area contributed by atoms with Gasteiger partial charge in [-0.3, -0.25) is 9.59 Å². The minimum atomic E-state index is -0.228. The van der Waals surface area contributed by atoms with Gasteiger partial charge in [-0.15, -0.1) is 0 Å². The first-order valence-corrected chi connectivity index (χ1v) is 11.3. The van der Waals surface area contributed by atoms with Gasteiger partial charge in [0.25, 0.3) is 5.91 Å². The number of benzene rings is 3. The van der Waals surface area contributed by atoms with E-state index < -0.39 is 0 Å². The van der Waals surface area contributed by atoms with E-state index in [1.807, 2.05) is 30.3 Å². The average Bonchev–Trinajstić information content (AvgIpc) is 3.36. The highest BCUT2D eigenvalue weighted by molar-refractivity contribution is 6.04. The van der Waals surface area contributed by atoms with Crippen LogP contribution in [0, 0.1) is 0 Å². The van der Waals surface area contributed by atoms with Crippen LogP contribution < -0.4 is 15.4 Å². The fourth-order valence-electron chi connectivity index (χ4n) is 3.67. The second-order valence-electron chi connectivity index (χ2n) is 8.04. The van der Waals surface area contributed by atoms with E-state index in [4.69, 9.17) is 9.47 Å². The molecule has 1 aliphatic rings. The maximum absolute atomic E-state index is 12.6. The van der Waals surface area contributed by atoms with Gasteiger partial charge in [0.05, 0.1) is 6.10 Å². The highest BCUT2D eigenvalue weighted by Gasteiger charge is 2.16. The Balaban J connectivity index is 1.27. The first-order chi connectivity index (χ1) is 16.2. The number of ether oxygens (including phenoxy) is 2. The van der Waals surface area contributed by atoms with Crippen molar-refractivity contribution in [2.75, 3.05) is 23.8 Å². The van der Waals surface area contributed by atoms with Crippen LogP contribution in [0.1, 0.15) is 35.2 Å². The molecule has 0 bridgehead atoms. The maximum Gasteiger partial charge on any atom is 0.255 e. The maximum atomic E-state index is 12.6. The molecule has 1 atom stereocenters.